The zero-order valence-electron chi connectivity index (χ0n) is 14.8. The molecule has 0 spiro atoms. The van der Waals surface area contributed by atoms with Gasteiger partial charge in [-0.3, -0.25) is 4.79 Å². The summed E-state index contributed by atoms with van der Waals surface area (Å²) in [5.74, 6) is 0.0246. The molecule has 2 heterocycles. The molecule has 1 saturated carbocycles. The maximum Gasteiger partial charge on any atom is 0.350 e. The van der Waals surface area contributed by atoms with Gasteiger partial charge in [0.05, 0.1) is 12.3 Å². The Labute approximate surface area is 155 Å². The zero-order chi connectivity index (χ0) is 18.5. The number of esters is 1. The summed E-state index contributed by atoms with van der Waals surface area (Å²) in [4.78, 5) is 29.1. The first-order valence-corrected chi connectivity index (χ1v) is 9.54. The molecular weight excluding hydrogens is 356 g/mol. The first-order valence-electron chi connectivity index (χ1n) is 8.73. The molecule has 9 nitrogen and oxygen atoms in total. The minimum Gasteiger partial charge on any atom is -0.462 e. The molecule has 0 aliphatic heterocycles. The van der Waals surface area contributed by atoms with Crippen molar-refractivity contribution in [3.63, 3.8) is 0 Å². The molecular formula is C16H22N6O3S. The van der Waals surface area contributed by atoms with Gasteiger partial charge in [-0.15, -0.1) is 5.10 Å². The van der Waals surface area contributed by atoms with E-state index < -0.39 is 5.97 Å². The molecule has 1 aliphatic carbocycles. The number of aromatic nitrogens is 5. The van der Waals surface area contributed by atoms with Gasteiger partial charge in [-0.05, 0) is 55.9 Å². The van der Waals surface area contributed by atoms with E-state index in [4.69, 9.17) is 4.74 Å². The van der Waals surface area contributed by atoms with Crippen molar-refractivity contribution in [3.8, 4) is 0 Å². The van der Waals surface area contributed by atoms with Gasteiger partial charge in [-0.1, -0.05) is 11.3 Å². The van der Waals surface area contributed by atoms with Crippen LogP contribution in [0.1, 0.15) is 48.0 Å². The SMILES string of the molecule is CCOC(=O)c1sc(NC(=O)C2CCC(Cn3cnnn3)CC2)nc1C. The Bertz CT molecular complexity index is 752. The van der Waals surface area contributed by atoms with Crippen molar-refractivity contribution in [2.45, 2.75) is 46.1 Å². The summed E-state index contributed by atoms with van der Waals surface area (Å²) in [6.45, 7) is 4.59. The Morgan fingerprint density at radius 1 is 1.35 bits per heavy atom. The predicted molar refractivity (Wildman–Crippen MR) is 94.7 cm³/mol. The Balaban J connectivity index is 1.51. The highest BCUT2D eigenvalue weighted by Crippen LogP contribution is 2.31. The monoisotopic (exact) mass is 378 g/mol. The molecule has 0 bridgehead atoms. The number of hydrogen-bond donors (Lipinski definition) is 1. The van der Waals surface area contributed by atoms with E-state index in [1.54, 1.807) is 24.9 Å². The summed E-state index contributed by atoms with van der Waals surface area (Å²) >= 11 is 1.16. The molecule has 0 aromatic carbocycles. The number of amides is 1. The third-order valence-corrected chi connectivity index (χ3v) is 5.59. The smallest absolute Gasteiger partial charge is 0.350 e. The molecule has 10 heteroatoms. The Kier molecular flexibility index (Phi) is 5.92. The Morgan fingerprint density at radius 2 is 2.12 bits per heavy atom. The number of tetrazole rings is 1. The molecule has 0 saturated heterocycles. The number of rotatable bonds is 6. The lowest BCUT2D eigenvalue weighted by molar-refractivity contribution is -0.121. The third kappa shape index (κ3) is 4.43. The van der Waals surface area contributed by atoms with E-state index in [-0.39, 0.29) is 11.8 Å². The predicted octanol–water partition coefficient (Wildman–Crippen LogP) is 2.06. The molecule has 140 valence electrons. The molecule has 1 aliphatic rings. The summed E-state index contributed by atoms with van der Waals surface area (Å²) in [6.07, 6.45) is 5.19. The van der Waals surface area contributed by atoms with Crippen LogP contribution in [0.15, 0.2) is 6.33 Å². The summed E-state index contributed by atoms with van der Waals surface area (Å²) in [5.41, 5.74) is 0.578. The van der Waals surface area contributed by atoms with Crippen LogP contribution >= 0.6 is 11.3 Å². The van der Waals surface area contributed by atoms with Gasteiger partial charge in [0, 0.05) is 12.5 Å². The molecule has 2 aromatic rings. The van der Waals surface area contributed by atoms with Crippen LogP contribution in [0.4, 0.5) is 5.13 Å². The third-order valence-electron chi connectivity index (χ3n) is 4.54. The van der Waals surface area contributed by atoms with Gasteiger partial charge in [0.2, 0.25) is 5.91 Å². The molecule has 26 heavy (non-hydrogen) atoms. The first kappa shape index (κ1) is 18.4. The fraction of sp³-hybridized carbons (Fsp3) is 0.625. The molecule has 2 aromatic heterocycles. The molecule has 1 fully saturated rings. The number of nitrogens with one attached hydrogen (secondary N) is 1. The topological polar surface area (TPSA) is 112 Å². The second-order valence-corrected chi connectivity index (χ2v) is 7.39. The van der Waals surface area contributed by atoms with Crippen LogP contribution in [-0.4, -0.2) is 43.7 Å². The molecule has 0 radical (unpaired) electrons. The van der Waals surface area contributed by atoms with E-state index in [2.05, 4.69) is 25.8 Å². The maximum atomic E-state index is 12.5. The van der Waals surface area contributed by atoms with Gasteiger partial charge >= 0.3 is 5.97 Å². The molecule has 0 atom stereocenters. The van der Waals surface area contributed by atoms with Crippen molar-refractivity contribution in [1.82, 2.24) is 25.2 Å². The zero-order valence-corrected chi connectivity index (χ0v) is 15.7. The van der Waals surface area contributed by atoms with Gasteiger partial charge in [0.25, 0.3) is 0 Å². The quantitative estimate of drug-likeness (QED) is 0.766. The van der Waals surface area contributed by atoms with Crippen molar-refractivity contribution in [3.05, 3.63) is 16.9 Å². The fourth-order valence-corrected chi connectivity index (χ4v) is 4.04. The Hall–Kier alpha value is -2.36. The average molecular weight is 378 g/mol. The van der Waals surface area contributed by atoms with Gasteiger partial charge in [0.15, 0.2) is 5.13 Å². The summed E-state index contributed by atoms with van der Waals surface area (Å²) in [5, 5.41) is 14.5. The van der Waals surface area contributed by atoms with Gasteiger partial charge in [0.1, 0.15) is 11.2 Å². The van der Waals surface area contributed by atoms with Crippen LogP contribution in [0.2, 0.25) is 0 Å². The fourth-order valence-electron chi connectivity index (χ4n) is 3.18. The summed E-state index contributed by atoms with van der Waals surface area (Å²) in [6, 6.07) is 0. The Morgan fingerprint density at radius 3 is 2.77 bits per heavy atom. The number of ether oxygens (including phenoxy) is 1. The van der Waals surface area contributed by atoms with Gasteiger partial charge in [-0.2, -0.15) is 0 Å². The molecule has 1 amide bonds. The lowest BCUT2D eigenvalue weighted by Crippen LogP contribution is -2.28. The number of nitrogens with zero attached hydrogens (tertiary/aromatic N) is 5. The van der Waals surface area contributed by atoms with E-state index in [1.165, 1.54) is 0 Å². The van der Waals surface area contributed by atoms with E-state index in [9.17, 15) is 9.59 Å². The maximum absolute atomic E-state index is 12.5. The standard InChI is InChI=1S/C16H22N6O3S/c1-3-25-15(24)13-10(2)18-16(26-13)19-14(23)12-6-4-11(5-7-12)8-22-9-17-20-21-22/h9,11-12H,3-8H2,1-2H3,(H,18,19,23). The number of carbonyl (C=O) groups excluding carboxylic acids is 2. The van der Waals surface area contributed by atoms with Crippen molar-refractivity contribution in [1.29, 1.82) is 0 Å². The van der Waals surface area contributed by atoms with Crippen molar-refractivity contribution >= 4 is 28.3 Å². The second kappa shape index (κ2) is 8.35. The highest BCUT2D eigenvalue weighted by molar-refractivity contribution is 7.17. The van der Waals surface area contributed by atoms with E-state index in [0.29, 0.717) is 28.2 Å². The highest BCUT2D eigenvalue weighted by atomic mass is 32.1. The van der Waals surface area contributed by atoms with Gasteiger partial charge < -0.3 is 10.1 Å². The number of aryl methyl sites for hydroxylation is 1. The first-order chi connectivity index (χ1) is 12.6. The van der Waals surface area contributed by atoms with Gasteiger partial charge in [-0.25, -0.2) is 14.5 Å². The lowest BCUT2D eigenvalue weighted by atomic mass is 9.81. The van der Waals surface area contributed by atoms with Crippen LogP contribution in [0.3, 0.4) is 0 Å². The van der Waals surface area contributed by atoms with E-state index >= 15 is 0 Å². The van der Waals surface area contributed by atoms with Crippen LogP contribution in [-0.2, 0) is 16.1 Å². The minimum atomic E-state index is -0.397. The van der Waals surface area contributed by atoms with Crippen LogP contribution < -0.4 is 5.32 Å². The highest BCUT2D eigenvalue weighted by Gasteiger charge is 2.28. The van der Waals surface area contributed by atoms with Crippen molar-refractivity contribution in [2.75, 3.05) is 11.9 Å². The van der Waals surface area contributed by atoms with Crippen LogP contribution in [0.5, 0.6) is 0 Å². The van der Waals surface area contributed by atoms with E-state index in [1.807, 2.05) is 0 Å². The minimum absolute atomic E-state index is 0.0321. The number of hydrogen-bond acceptors (Lipinski definition) is 8. The number of carbonyl (C=O) groups is 2. The summed E-state index contributed by atoms with van der Waals surface area (Å²) < 4.78 is 6.74. The summed E-state index contributed by atoms with van der Waals surface area (Å²) in [7, 11) is 0. The molecule has 0 unspecified atom stereocenters. The normalized spacial score (nSPS) is 19.9. The van der Waals surface area contributed by atoms with E-state index in [0.717, 1.165) is 43.6 Å². The number of thiazole rings is 1. The molecule has 3 rings (SSSR count). The van der Waals surface area contributed by atoms with Crippen LogP contribution in [0, 0.1) is 18.8 Å². The van der Waals surface area contributed by atoms with Crippen molar-refractivity contribution < 1.29 is 14.3 Å². The lowest BCUT2D eigenvalue weighted by Gasteiger charge is -2.27. The van der Waals surface area contributed by atoms with Crippen LogP contribution in [0.25, 0.3) is 0 Å². The largest absolute Gasteiger partial charge is 0.462 e. The molecule has 1 N–H and O–H groups in total. The second-order valence-electron chi connectivity index (χ2n) is 6.39. The average Bonchev–Trinajstić information content (AvgIpc) is 3.25. The number of anilines is 1. The van der Waals surface area contributed by atoms with Crippen molar-refractivity contribution in [2.24, 2.45) is 11.8 Å².